The second kappa shape index (κ2) is 7.95. The maximum Gasteiger partial charge on any atom is 0.0858 e. The predicted molar refractivity (Wildman–Crippen MR) is 100 cm³/mol. The van der Waals surface area contributed by atoms with Gasteiger partial charge in [0.05, 0.1) is 22.8 Å². The van der Waals surface area contributed by atoms with Crippen LogP contribution in [-0.4, -0.2) is 37.4 Å². The lowest BCUT2D eigenvalue weighted by Crippen LogP contribution is -2.36. The summed E-state index contributed by atoms with van der Waals surface area (Å²) in [4.78, 5) is 6.43. The molecule has 0 fully saturated rings. The Morgan fingerprint density at radius 3 is 2.76 bits per heavy atom. The van der Waals surface area contributed by atoms with Crippen LogP contribution in [0.15, 0.2) is 42.7 Å². The van der Waals surface area contributed by atoms with Crippen molar-refractivity contribution < 1.29 is 5.11 Å². The number of hydrogen-bond acceptors (Lipinski definition) is 4. The van der Waals surface area contributed by atoms with Crippen LogP contribution in [-0.2, 0) is 20.1 Å². The number of aliphatic hydroxyl groups is 1. The van der Waals surface area contributed by atoms with E-state index in [4.69, 9.17) is 11.6 Å². The van der Waals surface area contributed by atoms with Crippen LogP contribution in [0.1, 0.15) is 24.6 Å². The SMILES string of the molecule is CCC(CO)N(Cc1cccnc1)Cc1nn(C)c2cccc(Cl)c12. The van der Waals surface area contributed by atoms with Gasteiger partial charge in [-0.3, -0.25) is 14.6 Å². The normalized spacial score (nSPS) is 12.8. The molecule has 1 atom stereocenters. The van der Waals surface area contributed by atoms with Crippen LogP contribution in [0.3, 0.4) is 0 Å². The summed E-state index contributed by atoms with van der Waals surface area (Å²) in [6, 6.07) is 9.89. The maximum absolute atomic E-state index is 9.82. The number of hydrogen-bond donors (Lipinski definition) is 1. The summed E-state index contributed by atoms with van der Waals surface area (Å²) in [6.07, 6.45) is 4.49. The first kappa shape index (κ1) is 17.9. The van der Waals surface area contributed by atoms with Gasteiger partial charge >= 0.3 is 0 Å². The highest BCUT2D eigenvalue weighted by Crippen LogP contribution is 2.28. The maximum atomic E-state index is 9.82. The predicted octanol–water partition coefficient (Wildman–Crippen LogP) is 3.39. The van der Waals surface area contributed by atoms with E-state index in [0.29, 0.717) is 18.1 Å². The summed E-state index contributed by atoms with van der Waals surface area (Å²) >= 11 is 6.44. The molecule has 6 heteroatoms. The number of aromatic nitrogens is 3. The highest BCUT2D eigenvalue weighted by Gasteiger charge is 2.21. The Kier molecular flexibility index (Phi) is 5.68. The van der Waals surface area contributed by atoms with E-state index in [2.05, 4.69) is 21.9 Å². The molecule has 1 aromatic carbocycles. The van der Waals surface area contributed by atoms with Gasteiger partial charge in [-0.05, 0) is 30.2 Å². The third-order valence-electron chi connectivity index (χ3n) is 4.56. The topological polar surface area (TPSA) is 54.2 Å². The minimum Gasteiger partial charge on any atom is -0.395 e. The molecule has 0 saturated carbocycles. The van der Waals surface area contributed by atoms with Crippen molar-refractivity contribution in [3.05, 3.63) is 59.0 Å². The Hall–Kier alpha value is -1.95. The van der Waals surface area contributed by atoms with E-state index in [0.717, 1.165) is 28.6 Å². The van der Waals surface area contributed by atoms with Crippen LogP contribution >= 0.6 is 11.6 Å². The molecule has 132 valence electrons. The average Bonchev–Trinajstić information content (AvgIpc) is 2.94. The van der Waals surface area contributed by atoms with Crippen LogP contribution in [0, 0.1) is 0 Å². The zero-order valence-electron chi connectivity index (χ0n) is 14.6. The van der Waals surface area contributed by atoms with Gasteiger partial charge in [0.15, 0.2) is 0 Å². The van der Waals surface area contributed by atoms with Gasteiger partial charge in [0, 0.05) is 44.0 Å². The van der Waals surface area contributed by atoms with Gasteiger partial charge in [0.25, 0.3) is 0 Å². The molecule has 0 aliphatic carbocycles. The molecule has 0 spiro atoms. The number of nitrogens with zero attached hydrogens (tertiary/aromatic N) is 4. The van der Waals surface area contributed by atoms with Gasteiger partial charge in [0.2, 0.25) is 0 Å². The molecule has 0 saturated heterocycles. The highest BCUT2D eigenvalue weighted by molar-refractivity contribution is 6.35. The summed E-state index contributed by atoms with van der Waals surface area (Å²) < 4.78 is 1.86. The molecule has 3 rings (SSSR count). The van der Waals surface area contributed by atoms with E-state index in [1.807, 2.05) is 48.3 Å². The van der Waals surface area contributed by atoms with E-state index in [9.17, 15) is 5.11 Å². The van der Waals surface area contributed by atoms with Gasteiger partial charge in [-0.25, -0.2) is 0 Å². The average molecular weight is 359 g/mol. The van der Waals surface area contributed by atoms with E-state index in [1.54, 1.807) is 6.20 Å². The van der Waals surface area contributed by atoms with E-state index in [1.165, 1.54) is 0 Å². The Labute approximate surface area is 152 Å². The standard InChI is InChI=1S/C19H23ClN4O/c1-3-15(13-25)24(11-14-6-5-9-21-10-14)12-17-19-16(20)7-4-8-18(19)23(2)22-17/h4-10,15,25H,3,11-13H2,1-2H3. The summed E-state index contributed by atoms with van der Waals surface area (Å²) in [7, 11) is 1.93. The fourth-order valence-electron chi connectivity index (χ4n) is 3.20. The van der Waals surface area contributed by atoms with E-state index < -0.39 is 0 Å². The quantitative estimate of drug-likeness (QED) is 0.703. The zero-order valence-corrected chi connectivity index (χ0v) is 15.3. The number of rotatable bonds is 7. The molecule has 0 radical (unpaired) electrons. The summed E-state index contributed by atoms with van der Waals surface area (Å²) in [5.41, 5.74) is 3.06. The van der Waals surface area contributed by atoms with Crippen LogP contribution < -0.4 is 0 Å². The number of aryl methyl sites for hydroxylation is 1. The second-order valence-electron chi connectivity index (χ2n) is 6.22. The molecule has 5 nitrogen and oxygen atoms in total. The van der Waals surface area contributed by atoms with Gasteiger partial charge in [-0.2, -0.15) is 5.10 Å². The first-order valence-electron chi connectivity index (χ1n) is 8.48. The van der Waals surface area contributed by atoms with Crippen LogP contribution in [0.2, 0.25) is 5.02 Å². The molecule has 1 unspecified atom stereocenters. The van der Waals surface area contributed by atoms with E-state index in [-0.39, 0.29) is 12.6 Å². The second-order valence-corrected chi connectivity index (χ2v) is 6.62. The molecule has 2 aromatic heterocycles. The number of halogens is 1. The molecule has 2 heterocycles. The minimum atomic E-state index is 0.0553. The molecule has 3 aromatic rings. The third-order valence-corrected chi connectivity index (χ3v) is 4.87. The lowest BCUT2D eigenvalue weighted by molar-refractivity contribution is 0.105. The van der Waals surface area contributed by atoms with Crippen molar-refractivity contribution in [3.63, 3.8) is 0 Å². The number of fused-ring (bicyclic) bond motifs is 1. The number of benzene rings is 1. The number of pyridine rings is 1. The summed E-state index contributed by atoms with van der Waals surface area (Å²) in [5, 5.41) is 16.2. The van der Waals surface area contributed by atoms with E-state index >= 15 is 0 Å². The number of aliphatic hydroxyl groups excluding tert-OH is 1. The summed E-state index contributed by atoms with van der Waals surface area (Å²) in [6.45, 7) is 3.51. The van der Waals surface area contributed by atoms with Crippen molar-refractivity contribution in [2.45, 2.75) is 32.5 Å². The minimum absolute atomic E-state index is 0.0553. The van der Waals surface area contributed by atoms with Crippen molar-refractivity contribution in [1.29, 1.82) is 0 Å². The first-order chi connectivity index (χ1) is 12.1. The molecular formula is C19H23ClN4O. The fraction of sp³-hybridized carbons (Fsp3) is 0.368. The molecule has 1 N–H and O–H groups in total. The molecule has 0 amide bonds. The Bertz CT molecular complexity index is 830. The highest BCUT2D eigenvalue weighted by atomic mass is 35.5. The van der Waals surface area contributed by atoms with Crippen LogP contribution in [0.5, 0.6) is 0 Å². The smallest absolute Gasteiger partial charge is 0.0858 e. The zero-order chi connectivity index (χ0) is 17.8. The largest absolute Gasteiger partial charge is 0.395 e. The Morgan fingerprint density at radius 2 is 2.08 bits per heavy atom. The molecule has 0 bridgehead atoms. The molecule has 0 aliphatic heterocycles. The molecule has 0 aliphatic rings. The third kappa shape index (κ3) is 3.84. The van der Waals surface area contributed by atoms with Gasteiger partial charge in [-0.15, -0.1) is 0 Å². The first-order valence-corrected chi connectivity index (χ1v) is 8.85. The van der Waals surface area contributed by atoms with Gasteiger partial charge < -0.3 is 5.11 Å². The lowest BCUT2D eigenvalue weighted by atomic mass is 10.1. The van der Waals surface area contributed by atoms with Crippen LogP contribution in [0.25, 0.3) is 10.9 Å². The monoisotopic (exact) mass is 358 g/mol. The Balaban J connectivity index is 1.95. The molecular weight excluding hydrogens is 336 g/mol. The fourth-order valence-corrected chi connectivity index (χ4v) is 3.48. The van der Waals surface area contributed by atoms with Crippen molar-refractivity contribution >= 4 is 22.5 Å². The Morgan fingerprint density at radius 1 is 1.24 bits per heavy atom. The van der Waals surface area contributed by atoms with Gasteiger partial charge in [-0.1, -0.05) is 30.7 Å². The van der Waals surface area contributed by atoms with Crippen molar-refractivity contribution in [2.24, 2.45) is 7.05 Å². The molecule has 25 heavy (non-hydrogen) atoms. The van der Waals surface area contributed by atoms with Gasteiger partial charge in [0.1, 0.15) is 0 Å². The summed E-state index contributed by atoms with van der Waals surface area (Å²) in [5.74, 6) is 0. The van der Waals surface area contributed by atoms with Crippen LogP contribution in [0.4, 0.5) is 0 Å². The van der Waals surface area contributed by atoms with Crippen molar-refractivity contribution in [3.8, 4) is 0 Å². The van der Waals surface area contributed by atoms with Crippen molar-refractivity contribution in [1.82, 2.24) is 19.7 Å². The lowest BCUT2D eigenvalue weighted by Gasteiger charge is -2.29. The van der Waals surface area contributed by atoms with Crippen molar-refractivity contribution in [2.75, 3.05) is 6.61 Å².